The van der Waals surface area contributed by atoms with Crippen molar-refractivity contribution in [3.63, 3.8) is 0 Å². The van der Waals surface area contributed by atoms with Crippen LogP contribution in [0.15, 0.2) is 18.2 Å². The summed E-state index contributed by atoms with van der Waals surface area (Å²) in [5, 5.41) is 0. The second-order valence-corrected chi connectivity index (χ2v) is 5.95. The van der Waals surface area contributed by atoms with Crippen LogP contribution in [0.5, 0.6) is 0 Å². The molecule has 1 nitrogen and oxygen atoms in total. The van der Waals surface area contributed by atoms with Crippen LogP contribution in [0.3, 0.4) is 0 Å². The van der Waals surface area contributed by atoms with Crippen LogP contribution in [0.4, 0.5) is 26.3 Å². The average Bonchev–Trinajstić information content (AvgIpc) is 2.34. The molecule has 1 aliphatic rings. The number of hydrogen-bond donors (Lipinski definition) is 0. The molecule has 0 radical (unpaired) electrons. The van der Waals surface area contributed by atoms with Gasteiger partial charge in [0.15, 0.2) is 0 Å². The van der Waals surface area contributed by atoms with Crippen molar-refractivity contribution in [3.05, 3.63) is 34.9 Å². The maximum atomic E-state index is 13.5. The summed E-state index contributed by atoms with van der Waals surface area (Å²) in [5.74, 6) is 0.0381. The summed E-state index contributed by atoms with van der Waals surface area (Å²) in [7, 11) is 0.875. The molecule has 0 amide bonds. The van der Waals surface area contributed by atoms with Crippen molar-refractivity contribution in [1.29, 1.82) is 0 Å². The van der Waals surface area contributed by atoms with E-state index in [1.807, 2.05) is 13.8 Å². The Kier molecular flexibility index (Phi) is 4.00. The van der Waals surface area contributed by atoms with E-state index in [9.17, 15) is 26.3 Å². The third kappa shape index (κ3) is 2.30. The molecule has 0 saturated carbocycles. The standard InChI is InChI=1S/C15H17F6N/c1-9(2)10-4-5-12-11(8-10)6-7-22(3)13(12,14(16,17)18)15(19,20)21/h4-5,8-9H,6-7H2,1-3H3. The van der Waals surface area contributed by atoms with Crippen LogP contribution in [0, 0.1) is 0 Å². The SMILES string of the molecule is CC(C)c1ccc2c(c1)CCN(C)C2(C(F)(F)F)C(F)(F)F. The number of fused-ring (bicyclic) bond motifs is 1. The lowest BCUT2D eigenvalue weighted by atomic mass is 9.78. The molecule has 1 aromatic carbocycles. The van der Waals surface area contributed by atoms with Gasteiger partial charge in [-0.3, -0.25) is 4.90 Å². The van der Waals surface area contributed by atoms with Crippen LogP contribution < -0.4 is 0 Å². The van der Waals surface area contributed by atoms with Gasteiger partial charge in [0, 0.05) is 6.54 Å². The molecule has 124 valence electrons. The third-order valence-electron chi connectivity index (χ3n) is 4.30. The molecule has 1 aromatic rings. The van der Waals surface area contributed by atoms with E-state index in [-0.39, 0.29) is 24.4 Å². The first kappa shape index (κ1) is 17.1. The molecule has 7 heteroatoms. The minimum Gasteiger partial charge on any atom is -0.281 e. The van der Waals surface area contributed by atoms with Gasteiger partial charge in [-0.25, -0.2) is 0 Å². The predicted molar refractivity (Wildman–Crippen MR) is 70.7 cm³/mol. The lowest BCUT2D eigenvalue weighted by molar-refractivity contribution is -0.347. The maximum Gasteiger partial charge on any atom is 0.419 e. The van der Waals surface area contributed by atoms with Crippen molar-refractivity contribution in [3.8, 4) is 0 Å². The number of hydrogen-bond acceptors (Lipinski definition) is 1. The molecule has 0 saturated heterocycles. The van der Waals surface area contributed by atoms with Crippen molar-refractivity contribution >= 4 is 0 Å². The van der Waals surface area contributed by atoms with Crippen LogP contribution >= 0.6 is 0 Å². The number of benzene rings is 1. The second-order valence-electron chi connectivity index (χ2n) is 5.95. The van der Waals surface area contributed by atoms with Gasteiger partial charge in [-0.1, -0.05) is 32.0 Å². The average molecular weight is 325 g/mol. The number of rotatable bonds is 1. The fraction of sp³-hybridized carbons (Fsp3) is 0.600. The van der Waals surface area contributed by atoms with Gasteiger partial charge in [0.2, 0.25) is 5.54 Å². The Morgan fingerprint density at radius 2 is 1.59 bits per heavy atom. The maximum absolute atomic E-state index is 13.5. The molecular weight excluding hydrogens is 308 g/mol. The minimum absolute atomic E-state index is 0.0381. The smallest absolute Gasteiger partial charge is 0.281 e. The van der Waals surface area contributed by atoms with Crippen molar-refractivity contribution in [2.24, 2.45) is 0 Å². The van der Waals surface area contributed by atoms with Crippen molar-refractivity contribution in [2.75, 3.05) is 13.6 Å². The minimum atomic E-state index is -5.45. The van der Waals surface area contributed by atoms with Gasteiger partial charge >= 0.3 is 12.4 Å². The molecule has 0 aliphatic carbocycles. The fourth-order valence-electron chi connectivity index (χ4n) is 3.09. The van der Waals surface area contributed by atoms with Crippen molar-refractivity contribution < 1.29 is 26.3 Å². The van der Waals surface area contributed by atoms with E-state index >= 15 is 0 Å². The summed E-state index contributed by atoms with van der Waals surface area (Å²) in [4.78, 5) is 0.365. The zero-order chi connectivity index (χ0) is 16.9. The van der Waals surface area contributed by atoms with Gasteiger partial charge in [0.25, 0.3) is 0 Å². The van der Waals surface area contributed by atoms with E-state index in [0.29, 0.717) is 4.90 Å². The zero-order valence-electron chi connectivity index (χ0n) is 12.4. The second kappa shape index (κ2) is 5.15. The number of nitrogens with zero attached hydrogens (tertiary/aromatic N) is 1. The van der Waals surface area contributed by atoms with Crippen LogP contribution in [0.25, 0.3) is 0 Å². The van der Waals surface area contributed by atoms with E-state index in [4.69, 9.17) is 0 Å². The topological polar surface area (TPSA) is 3.24 Å². The Bertz CT molecular complexity index is 544. The van der Waals surface area contributed by atoms with Crippen LogP contribution in [0.1, 0.15) is 36.5 Å². The monoisotopic (exact) mass is 325 g/mol. The number of alkyl halides is 6. The van der Waals surface area contributed by atoms with E-state index in [0.717, 1.165) is 18.7 Å². The fourth-order valence-corrected chi connectivity index (χ4v) is 3.09. The zero-order valence-corrected chi connectivity index (χ0v) is 12.4. The molecule has 0 bridgehead atoms. The predicted octanol–water partition coefficient (Wildman–Crippen LogP) is 4.62. The summed E-state index contributed by atoms with van der Waals surface area (Å²) < 4.78 is 81.1. The summed E-state index contributed by atoms with van der Waals surface area (Å²) in [6, 6.07) is 3.81. The van der Waals surface area contributed by atoms with Crippen LogP contribution in [0.2, 0.25) is 0 Å². The van der Waals surface area contributed by atoms with Gasteiger partial charge in [-0.2, -0.15) is 26.3 Å². The first-order valence-corrected chi connectivity index (χ1v) is 6.91. The van der Waals surface area contributed by atoms with Gasteiger partial charge in [-0.05, 0) is 36.1 Å². The molecule has 1 heterocycles. The molecule has 0 atom stereocenters. The van der Waals surface area contributed by atoms with Crippen molar-refractivity contribution in [2.45, 2.75) is 44.1 Å². The summed E-state index contributed by atoms with van der Waals surface area (Å²) in [6.07, 6.45) is -10.7. The van der Waals surface area contributed by atoms with Gasteiger partial charge in [-0.15, -0.1) is 0 Å². The Hall–Kier alpha value is -1.24. The first-order valence-electron chi connectivity index (χ1n) is 6.91. The van der Waals surface area contributed by atoms with E-state index < -0.39 is 23.5 Å². The third-order valence-corrected chi connectivity index (χ3v) is 4.30. The van der Waals surface area contributed by atoms with Gasteiger partial charge < -0.3 is 0 Å². The molecule has 22 heavy (non-hydrogen) atoms. The van der Waals surface area contributed by atoms with Gasteiger partial charge in [0.05, 0.1) is 0 Å². The van der Waals surface area contributed by atoms with Crippen LogP contribution in [-0.4, -0.2) is 30.8 Å². The largest absolute Gasteiger partial charge is 0.419 e. The van der Waals surface area contributed by atoms with Crippen molar-refractivity contribution in [1.82, 2.24) is 4.90 Å². The molecule has 0 unspecified atom stereocenters. The molecule has 0 aromatic heterocycles. The molecule has 0 fully saturated rings. The Morgan fingerprint density at radius 3 is 2.05 bits per heavy atom. The first-order chi connectivity index (χ1) is 9.93. The van der Waals surface area contributed by atoms with Gasteiger partial charge in [0.1, 0.15) is 0 Å². The van der Waals surface area contributed by atoms with E-state index in [1.165, 1.54) is 12.1 Å². The Labute approximate surface area is 124 Å². The Balaban J connectivity index is 2.76. The molecule has 0 N–H and O–H groups in total. The summed E-state index contributed by atoms with van der Waals surface area (Å²) in [5.41, 5.74) is -3.78. The highest BCUT2D eigenvalue weighted by Crippen LogP contribution is 2.56. The molecule has 1 aliphatic heterocycles. The van der Waals surface area contributed by atoms with E-state index in [1.54, 1.807) is 0 Å². The summed E-state index contributed by atoms with van der Waals surface area (Å²) in [6.45, 7) is 3.39. The summed E-state index contributed by atoms with van der Waals surface area (Å²) >= 11 is 0. The quantitative estimate of drug-likeness (QED) is 0.681. The highest BCUT2D eigenvalue weighted by Gasteiger charge is 2.75. The highest BCUT2D eigenvalue weighted by molar-refractivity contribution is 5.43. The lowest BCUT2D eigenvalue weighted by Gasteiger charge is -2.47. The molecule has 0 spiro atoms. The van der Waals surface area contributed by atoms with E-state index in [2.05, 4.69) is 0 Å². The molecular formula is C15H17F6N. The van der Waals surface area contributed by atoms with Crippen LogP contribution in [-0.2, 0) is 12.0 Å². The molecule has 2 rings (SSSR count). The number of halogens is 6. The number of likely N-dealkylation sites (N-methyl/N-ethyl adjacent to an activating group) is 1. The Morgan fingerprint density at radius 1 is 1.05 bits per heavy atom. The lowest BCUT2D eigenvalue weighted by Crippen LogP contribution is -2.65. The highest BCUT2D eigenvalue weighted by atomic mass is 19.4. The normalized spacial score (nSPS) is 19.4.